The molecule has 1 aromatic carbocycles. The van der Waals surface area contributed by atoms with Crippen molar-refractivity contribution in [3.8, 4) is 0 Å². The summed E-state index contributed by atoms with van der Waals surface area (Å²) in [7, 11) is 0. The Kier molecular flexibility index (Phi) is 5.16. The van der Waals surface area contributed by atoms with E-state index in [2.05, 4.69) is 37.4 Å². The lowest BCUT2D eigenvalue weighted by Crippen LogP contribution is -2.07. The molecule has 0 radical (unpaired) electrons. The van der Waals surface area contributed by atoms with Gasteiger partial charge in [-0.25, -0.2) is 0 Å². The molecule has 2 heteroatoms. The van der Waals surface area contributed by atoms with Crippen molar-refractivity contribution in [1.29, 1.82) is 0 Å². The fraction of sp³-hybridized carbons (Fsp3) is 0.538. The Labute approximate surface area is 91.7 Å². The van der Waals surface area contributed by atoms with E-state index < -0.39 is 0 Å². The highest BCUT2D eigenvalue weighted by atomic mass is 19.1. The summed E-state index contributed by atoms with van der Waals surface area (Å²) in [6.07, 6.45) is 2.62. The van der Waals surface area contributed by atoms with Crippen LogP contribution in [0.1, 0.15) is 31.4 Å². The molecule has 0 saturated heterocycles. The molecule has 15 heavy (non-hydrogen) atoms. The number of benzene rings is 1. The van der Waals surface area contributed by atoms with Crippen LogP contribution in [0.15, 0.2) is 18.2 Å². The summed E-state index contributed by atoms with van der Waals surface area (Å²) < 4.78 is 12.0. The van der Waals surface area contributed by atoms with Crippen molar-refractivity contribution in [3.63, 3.8) is 0 Å². The SMILES string of the molecule is CCc1cccc(CC)c1NCCCF. The van der Waals surface area contributed by atoms with E-state index in [-0.39, 0.29) is 6.67 Å². The fourth-order valence-electron chi connectivity index (χ4n) is 1.75. The number of hydrogen-bond acceptors (Lipinski definition) is 1. The molecule has 0 spiro atoms. The molecule has 0 unspecified atom stereocenters. The van der Waals surface area contributed by atoms with Crippen LogP contribution in [-0.2, 0) is 12.8 Å². The molecule has 1 rings (SSSR count). The predicted octanol–water partition coefficient (Wildman–Crippen LogP) is 3.58. The first-order valence-electron chi connectivity index (χ1n) is 5.74. The smallest absolute Gasteiger partial charge is 0.0911 e. The third kappa shape index (κ3) is 3.22. The van der Waals surface area contributed by atoms with E-state index in [1.807, 2.05) is 0 Å². The first kappa shape index (κ1) is 12.0. The zero-order valence-electron chi connectivity index (χ0n) is 9.65. The molecule has 0 aliphatic heterocycles. The maximum absolute atomic E-state index is 12.0. The molecule has 84 valence electrons. The fourth-order valence-corrected chi connectivity index (χ4v) is 1.75. The van der Waals surface area contributed by atoms with Crippen LogP contribution in [0.3, 0.4) is 0 Å². The van der Waals surface area contributed by atoms with Gasteiger partial charge in [-0.3, -0.25) is 4.39 Å². The van der Waals surface area contributed by atoms with Crippen molar-refractivity contribution in [2.75, 3.05) is 18.5 Å². The monoisotopic (exact) mass is 209 g/mol. The van der Waals surface area contributed by atoms with Gasteiger partial charge in [0, 0.05) is 12.2 Å². The maximum Gasteiger partial charge on any atom is 0.0911 e. The van der Waals surface area contributed by atoms with Gasteiger partial charge in [0.1, 0.15) is 0 Å². The molecular weight excluding hydrogens is 189 g/mol. The minimum absolute atomic E-state index is 0.247. The number of nitrogens with one attached hydrogen (secondary N) is 1. The van der Waals surface area contributed by atoms with Crippen molar-refractivity contribution in [3.05, 3.63) is 29.3 Å². The second kappa shape index (κ2) is 6.44. The largest absolute Gasteiger partial charge is 0.385 e. The van der Waals surface area contributed by atoms with Crippen LogP contribution in [0.5, 0.6) is 0 Å². The number of rotatable bonds is 6. The minimum atomic E-state index is -0.247. The van der Waals surface area contributed by atoms with E-state index in [9.17, 15) is 4.39 Å². The van der Waals surface area contributed by atoms with Crippen molar-refractivity contribution in [1.82, 2.24) is 0 Å². The molecule has 1 aromatic rings. The van der Waals surface area contributed by atoms with Crippen molar-refractivity contribution in [2.24, 2.45) is 0 Å². The zero-order chi connectivity index (χ0) is 11.1. The molecule has 0 bridgehead atoms. The number of anilines is 1. The highest BCUT2D eigenvalue weighted by Crippen LogP contribution is 2.22. The van der Waals surface area contributed by atoms with Gasteiger partial charge in [0.15, 0.2) is 0 Å². The Morgan fingerprint density at radius 2 is 1.73 bits per heavy atom. The van der Waals surface area contributed by atoms with Gasteiger partial charge >= 0.3 is 0 Å². The Bertz CT molecular complexity index is 274. The average molecular weight is 209 g/mol. The van der Waals surface area contributed by atoms with E-state index in [4.69, 9.17) is 0 Å². The Morgan fingerprint density at radius 1 is 1.13 bits per heavy atom. The van der Waals surface area contributed by atoms with Crippen LogP contribution in [-0.4, -0.2) is 13.2 Å². The van der Waals surface area contributed by atoms with Gasteiger partial charge in [0.2, 0.25) is 0 Å². The first-order valence-corrected chi connectivity index (χ1v) is 5.74. The van der Waals surface area contributed by atoms with Gasteiger partial charge in [-0.2, -0.15) is 0 Å². The Morgan fingerprint density at radius 3 is 2.20 bits per heavy atom. The molecular formula is C13H20FN. The van der Waals surface area contributed by atoms with Gasteiger partial charge < -0.3 is 5.32 Å². The summed E-state index contributed by atoms with van der Waals surface area (Å²) in [6.45, 7) is 4.77. The van der Waals surface area contributed by atoms with Gasteiger partial charge in [0.05, 0.1) is 6.67 Å². The Hall–Kier alpha value is -1.05. The molecule has 0 atom stereocenters. The lowest BCUT2D eigenvalue weighted by molar-refractivity contribution is 0.481. The summed E-state index contributed by atoms with van der Waals surface area (Å²) in [5, 5.41) is 3.34. The van der Waals surface area contributed by atoms with E-state index in [0.29, 0.717) is 6.42 Å². The topological polar surface area (TPSA) is 12.0 Å². The Balaban J connectivity index is 2.80. The van der Waals surface area contributed by atoms with Crippen molar-refractivity contribution >= 4 is 5.69 Å². The molecule has 0 fully saturated rings. The van der Waals surface area contributed by atoms with Crippen LogP contribution in [0.25, 0.3) is 0 Å². The van der Waals surface area contributed by atoms with Gasteiger partial charge in [-0.1, -0.05) is 32.0 Å². The van der Waals surface area contributed by atoms with Crippen LogP contribution < -0.4 is 5.32 Å². The lowest BCUT2D eigenvalue weighted by atomic mass is 10.0. The van der Waals surface area contributed by atoms with E-state index in [1.165, 1.54) is 16.8 Å². The molecule has 0 aromatic heterocycles. The van der Waals surface area contributed by atoms with Crippen LogP contribution >= 0.6 is 0 Å². The van der Waals surface area contributed by atoms with E-state index >= 15 is 0 Å². The van der Waals surface area contributed by atoms with E-state index in [0.717, 1.165) is 19.4 Å². The van der Waals surface area contributed by atoms with Crippen LogP contribution in [0.2, 0.25) is 0 Å². The normalized spacial score (nSPS) is 10.3. The number of para-hydroxylation sites is 1. The number of hydrogen-bond donors (Lipinski definition) is 1. The quantitative estimate of drug-likeness (QED) is 0.706. The van der Waals surface area contributed by atoms with Crippen molar-refractivity contribution < 1.29 is 4.39 Å². The summed E-state index contributed by atoms with van der Waals surface area (Å²) in [6, 6.07) is 6.37. The molecule has 0 heterocycles. The van der Waals surface area contributed by atoms with Gasteiger partial charge in [-0.15, -0.1) is 0 Å². The van der Waals surface area contributed by atoms with Gasteiger partial charge in [0.25, 0.3) is 0 Å². The third-order valence-electron chi connectivity index (χ3n) is 2.61. The second-order valence-electron chi connectivity index (χ2n) is 3.63. The standard InChI is InChI=1S/C13H20FN/c1-3-11-7-5-8-12(4-2)13(11)15-10-6-9-14/h5,7-8,15H,3-4,6,9-10H2,1-2H3. The molecule has 0 amide bonds. The highest BCUT2D eigenvalue weighted by molar-refractivity contribution is 5.57. The molecule has 0 saturated carbocycles. The molecule has 1 nitrogen and oxygen atoms in total. The average Bonchev–Trinajstić information content (AvgIpc) is 2.29. The molecule has 0 aliphatic rings. The first-order chi connectivity index (χ1) is 7.33. The van der Waals surface area contributed by atoms with Crippen LogP contribution in [0.4, 0.5) is 10.1 Å². The number of halogens is 1. The number of alkyl halides is 1. The summed E-state index contributed by atoms with van der Waals surface area (Å²) in [5.74, 6) is 0. The van der Waals surface area contributed by atoms with E-state index in [1.54, 1.807) is 0 Å². The number of aryl methyl sites for hydroxylation is 2. The highest BCUT2D eigenvalue weighted by Gasteiger charge is 2.04. The summed E-state index contributed by atoms with van der Waals surface area (Å²) >= 11 is 0. The third-order valence-corrected chi connectivity index (χ3v) is 2.61. The summed E-state index contributed by atoms with van der Waals surface area (Å²) in [4.78, 5) is 0. The van der Waals surface area contributed by atoms with Crippen molar-refractivity contribution in [2.45, 2.75) is 33.1 Å². The zero-order valence-corrected chi connectivity index (χ0v) is 9.65. The molecule has 0 aliphatic carbocycles. The van der Waals surface area contributed by atoms with Crippen LogP contribution in [0, 0.1) is 0 Å². The minimum Gasteiger partial charge on any atom is -0.385 e. The predicted molar refractivity (Wildman–Crippen MR) is 64.3 cm³/mol. The second-order valence-corrected chi connectivity index (χ2v) is 3.63. The summed E-state index contributed by atoms with van der Waals surface area (Å²) in [5.41, 5.74) is 3.87. The van der Waals surface area contributed by atoms with Gasteiger partial charge in [-0.05, 0) is 30.4 Å². The lowest BCUT2D eigenvalue weighted by Gasteiger charge is -2.14. The maximum atomic E-state index is 12.0. The molecule has 1 N–H and O–H groups in total.